The highest BCUT2D eigenvalue weighted by molar-refractivity contribution is 9.10. The van der Waals surface area contributed by atoms with Gasteiger partial charge in [0, 0.05) is 23.8 Å². The Hall–Kier alpha value is -1.20. The predicted octanol–water partition coefficient (Wildman–Crippen LogP) is 3.77. The molecule has 4 nitrogen and oxygen atoms in total. The van der Waals surface area contributed by atoms with E-state index in [9.17, 15) is 0 Å². The number of nitrogens with zero attached hydrogens (tertiary/aromatic N) is 2. The summed E-state index contributed by atoms with van der Waals surface area (Å²) in [7, 11) is 3.52. The maximum Gasteiger partial charge on any atom is 0.216 e. The van der Waals surface area contributed by atoms with Crippen LogP contribution >= 0.6 is 27.5 Å². The first-order valence-electron chi connectivity index (χ1n) is 5.78. The molecule has 0 aliphatic carbocycles. The first-order chi connectivity index (χ1) is 9.02. The van der Waals surface area contributed by atoms with E-state index in [0.717, 1.165) is 27.3 Å². The van der Waals surface area contributed by atoms with Crippen LogP contribution in [0.2, 0.25) is 5.02 Å². The standard InChI is InChI=1S/C13H15BrClN3O/c1-8-10(13(19-3)18(2)17-8)7-16-9-4-5-12(15)11(14)6-9/h4-6,16H,7H2,1-3H3. The van der Waals surface area contributed by atoms with Gasteiger partial charge in [-0.05, 0) is 41.1 Å². The Bertz CT molecular complexity index is 598. The molecule has 1 aromatic heterocycles. The Balaban J connectivity index is 2.16. The number of hydrogen-bond acceptors (Lipinski definition) is 3. The molecule has 0 unspecified atom stereocenters. The van der Waals surface area contributed by atoms with Gasteiger partial charge < -0.3 is 10.1 Å². The highest BCUT2D eigenvalue weighted by Gasteiger charge is 2.13. The maximum atomic E-state index is 5.97. The van der Waals surface area contributed by atoms with Crippen LogP contribution in [0.4, 0.5) is 5.69 Å². The van der Waals surface area contributed by atoms with E-state index in [2.05, 4.69) is 26.3 Å². The van der Waals surface area contributed by atoms with Crippen molar-refractivity contribution in [2.75, 3.05) is 12.4 Å². The number of benzene rings is 1. The van der Waals surface area contributed by atoms with Crippen LogP contribution in [0.15, 0.2) is 22.7 Å². The van der Waals surface area contributed by atoms with Crippen molar-refractivity contribution in [1.29, 1.82) is 0 Å². The fraction of sp³-hybridized carbons (Fsp3) is 0.308. The molecule has 1 N–H and O–H groups in total. The smallest absolute Gasteiger partial charge is 0.216 e. The second-order valence-corrected chi connectivity index (χ2v) is 5.44. The molecule has 0 atom stereocenters. The molecule has 102 valence electrons. The normalized spacial score (nSPS) is 10.6. The SMILES string of the molecule is COc1c(CNc2ccc(Cl)c(Br)c2)c(C)nn1C. The number of aryl methyl sites for hydroxylation is 2. The van der Waals surface area contributed by atoms with E-state index >= 15 is 0 Å². The molecule has 0 saturated heterocycles. The summed E-state index contributed by atoms with van der Waals surface area (Å²) in [5.74, 6) is 0.776. The van der Waals surface area contributed by atoms with E-state index in [1.807, 2.05) is 32.2 Å². The van der Waals surface area contributed by atoms with E-state index in [1.165, 1.54) is 0 Å². The zero-order chi connectivity index (χ0) is 14.0. The second kappa shape index (κ2) is 5.84. The van der Waals surface area contributed by atoms with E-state index in [1.54, 1.807) is 11.8 Å². The van der Waals surface area contributed by atoms with Crippen molar-refractivity contribution < 1.29 is 4.74 Å². The number of methoxy groups -OCH3 is 1. The largest absolute Gasteiger partial charge is 0.481 e. The van der Waals surface area contributed by atoms with Crippen molar-refractivity contribution in [2.24, 2.45) is 7.05 Å². The molecule has 6 heteroatoms. The second-order valence-electron chi connectivity index (χ2n) is 4.18. The Labute approximate surface area is 125 Å². The molecule has 0 saturated carbocycles. The van der Waals surface area contributed by atoms with Gasteiger partial charge in [-0.25, -0.2) is 4.68 Å². The Morgan fingerprint density at radius 2 is 2.21 bits per heavy atom. The van der Waals surface area contributed by atoms with Gasteiger partial charge in [0.05, 0.1) is 23.4 Å². The third-order valence-electron chi connectivity index (χ3n) is 2.87. The molecule has 0 amide bonds. The van der Waals surface area contributed by atoms with Crippen LogP contribution in [0.1, 0.15) is 11.3 Å². The lowest BCUT2D eigenvalue weighted by Crippen LogP contribution is -2.03. The molecular weight excluding hydrogens is 330 g/mol. The summed E-state index contributed by atoms with van der Waals surface area (Å²) >= 11 is 9.37. The molecule has 1 aromatic carbocycles. The van der Waals surface area contributed by atoms with Gasteiger partial charge in [0.1, 0.15) is 0 Å². The summed E-state index contributed by atoms with van der Waals surface area (Å²) in [5, 5.41) is 8.38. The fourth-order valence-electron chi connectivity index (χ4n) is 1.94. The summed E-state index contributed by atoms with van der Waals surface area (Å²) in [6, 6.07) is 5.73. The highest BCUT2D eigenvalue weighted by atomic mass is 79.9. The molecule has 1 heterocycles. The molecule has 0 aliphatic heterocycles. The van der Waals surface area contributed by atoms with Crippen molar-refractivity contribution in [3.8, 4) is 5.88 Å². The van der Waals surface area contributed by atoms with Gasteiger partial charge in [-0.2, -0.15) is 5.10 Å². The third kappa shape index (κ3) is 3.04. The van der Waals surface area contributed by atoms with Gasteiger partial charge in [-0.1, -0.05) is 11.6 Å². The van der Waals surface area contributed by atoms with Gasteiger partial charge in [0.25, 0.3) is 0 Å². The van der Waals surface area contributed by atoms with Crippen LogP contribution in [0.3, 0.4) is 0 Å². The molecule has 0 bridgehead atoms. The summed E-state index contributed by atoms with van der Waals surface area (Å²) in [4.78, 5) is 0. The highest BCUT2D eigenvalue weighted by Crippen LogP contribution is 2.27. The number of aromatic nitrogens is 2. The average molecular weight is 345 g/mol. The van der Waals surface area contributed by atoms with Crippen LogP contribution in [0, 0.1) is 6.92 Å². The number of rotatable bonds is 4. The van der Waals surface area contributed by atoms with Crippen molar-refractivity contribution in [3.63, 3.8) is 0 Å². The topological polar surface area (TPSA) is 39.1 Å². The predicted molar refractivity (Wildman–Crippen MR) is 81.0 cm³/mol. The number of anilines is 1. The molecular formula is C13H15BrClN3O. The van der Waals surface area contributed by atoms with Crippen molar-refractivity contribution >= 4 is 33.2 Å². The van der Waals surface area contributed by atoms with E-state index in [4.69, 9.17) is 16.3 Å². The lowest BCUT2D eigenvalue weighted by Gasteiger charge is -2.09. The third-order valence-corrected chi connectivity index (χ3v) is 4.08. The Morgan fingerprint density at radius 3 is 2.84 bits per heavy atom. The van der Waals surface area contributed by atoms with E-state index < -0.39 is 0 Å². The van der Waals surface area contributed by atoms with Gasteiger partial charge in [0.15, 0.2) is 0 Å². The minimum atomic E-state index is 0.650. The Morgan fingerprint density at radius 1 is 1.47 bits per heavy atom. The summed E-state index contributed by atoms with van der Waals surface area (Å²) < 4.78 is 7.97. The van der Waals surface area contributed by atoms with Crippen molar-refractivity contribution in [2.45, 2.75) is 13.5 Å². The van der Waals surface area contributed by atoms with Gasteiger partial charge in [-0.15, -0.1) is 0 Å². The van der Waals surface area contributed by atoms with Crippen LogP contribution in [0.25, 0.3) is 0 Å². The van der Waals surface area contributed by atoms with Gasteiger partial charge in [-0.3, -0.25) is 0 Å². The van der Waals surface area contributed by atoms with Crippen molar-refractivity contribution in [1.82, 2.24) is 9.78 Å². The lowest BCUT2D eigenvalue weighted by atomic mass is 10.2. The zero-order valence-corrected chi connectivity index (χ0v) is 13.3. The van der Waals surface area contributed by atoms with Crippen LogP contribution < -0.4 is 10.1 Å². The Kier molecular flexibility index (Phi) is 4.37. The molecule has 19 heavy (non-hydrogen) atoms. The number of halogens is 2. The molecule has 2 rings (SSSR count). The average Bonchev–Trinajstić information content (AvgIpc) is 2.64. The maximum absolute atomic E-state index is 5.97. The number of hydrogen-bond donors (Lipinski definition) is 1. The van der Waals surface area contributed by atoms with E-state index in [-0.39, 0.29) is 0 Å². The van der Waals surface area contributed by atoms with Crippen LogP contribution in [-0.4, -0.2) is 16.9 Å². The minimum absolute atomic E-state index is 0.650. The monoisotopic (exact) mass is 343 g/mol. The first-order valence-corrected chi connectivity index (χ1v) is 6.95. The number of nitrogens with one attached hydrogen (secondary N) is 1. The summed E-state index contributed by atoms with van der Waals surface area (Å²) in [6.45, 7) is 2.62. The summed E-state index contributed by atoms with van der Waals surface area (Å²) in [5.41, 5.74) is 3.00. The fourth-order valence-corrected chi connectivity index (χ4v) is 2.43. The molecule has 0 radical (unpaired) electrons. The van der Waals surface area contributed by atoms with Crippen molar-refractivity contribution in [3.05, 3.63) is 39.0 Å². The quantitative estimate of drug-likeness (QED) is 0.918. The lowest BCUT2D eigenvalue weighted by molar-refractivity contribution is 0.370. The molecule has 0 spiro atoms. The molecule has 2 aromatic rings. The first kappa shape index (κ1) is 14.2. The van der Waals surface area contributed by atoms with Crippen LogP contribution in [-0.2, 0) is 13.6 Å². The zero-order valence-electron chi connectivity index (χ0n) is 11.0. The molecule has 0 aliphatic rings. The number of ether oxygens (including phenoxy) is 1. The molecule has 0 fully saturated rings. The van der Waals surface area contributed by atoms with Gasteiger partial charge >= 0.3 is 0 Å². The van der Waals surface area contributed by atoms with Crippen LogP contribution in [0.5, 0.6) is 5.88 Å². The van der Waals surface area contributed by atoms with Gasteiger partial charge in [0.2, 0.25) is 5.88 Å². The summed E-state index contributed by atoms with van der Waals surface area (Å²) in [6.07, 6.45) is 0. The minimum Gasteiger partial charge on any atom is -0.481 e. The van der Waals surface area contributed by atoms with E-state index in [0.29, 0.717) is 11.6 Å².